The van der Waals surface area contributed by atoms with Crippen molar-refractivity contribution in [1.82, 2.24) is 0 Å². The fourth-order valence-corrected chi connectivity index (χ4v) is 1.66. The van der Waals surface area contributed by atoms with Gasteiger partial charge in [0.25, 0.3) is 0 Å². The zero-order valence-corrected chi connectivity index (χ0v) is 10.4. The van der Waals surface area contributed by atoms with Crippen LogP contribution in [0.25, 0.3) is 0 Å². The van der Waals surface area contributed by atoms with E-state index in [-0.39, 0.29) is 6.04 Å². The summed E-state index contributed by atoms with van der Waals surface area (Å²) in [6.07, 6.45) is 4.85. The number of nitrogens with two attached hydrogens (primary N) is 1. The summed E-state index contributed by atoms with van der Waals surface area (Å²) in [6, 6.07) is 6.36. The maximum Gasteiger partial charge on any atom is 0.125 e. The third-order valence-electron chi connectivity index (χ3n) is 2.39. The second-order valence-corrected chi connectivity index (χ2v) is 4.12. The van der Waals surface area contributed by atoms with E-state index in [4.69, 9.17) is 10.5 Å². The molecule has 0 fully saturated rings. The van der Waals surface area contributed by atoms with Gasteiger partial charge in [-0.1, -0.05) is 30.4 Å². The van der Waals surface area contributed by atoms with Crippen molar-refractivity contribution in [2.24, 2.45) is 5.73 Å². The van der Waals surface area contributed by atoms with Gasteiger partial charge in [0.15, 0.2) is 0 Å². The van der Waals surface area contributed by atoms with Gasteiger partial charge in [-0.05, 0) is 38.3 Å². The summed E-state index contributed by atoms with van der Waals surface area (Å²) in [4.78, 5) is 0. The van der Waals surface area contributed by atoms with Crippen LogP contribution in [-0.4, -0.2) is 12.6 Å². The minimum Gasteiger partial charge on any atom is -0.489 e. The van der Waals surface area contributed by atoms with E-state index in [0.717, 1.165) is 12.2 Å². The molecule has 2 heteroatoms. The van der Waals surface area contributed by atoms with E-state index in [1.54, 1.807) is 0 Å². The molecule has 0 aromatic heterocycles. The Morgan fingerprint density at radius 2 is 2.19 bits per heavy atom. The zero-order valence-electron chi connectivity index (χ0n) is 10.4. The summed E-state index contributed by atoms with van der Waals surface area (Å²) in [5.74, 6) is 0.984. The molecule has 2 nitrogen and oxygen atoms in total. The van der Waals surface area contributed by atoms with Gasteiger partial charge in [-0.3, -0.25) is 0 Å². The highest BCUT2D eigenvalue weighted by molar-refractivity contribution is 5.41. The number of allylic oxidation sites excluding steroid dienone is 1. The molecule has 0 bridgehead atoms. The van der Waals surface area contributed by atoms with Crippen LogP contribution in [0.15, 0.2) is 30.4 Å². The first-order valence-electron chi connectivity index (χ1n) is 5.73. The Labute approximate surface area is 98.1 Å². The maximum absolute atomic E-state index is 5.83. The predicted octanol–water partition coefficient (Wildman–Crippen LogP) is 2.84. The van der Waals surface area contributed by atoms with Crippen LogP contribution in [0.2, 0.25) is 0 Å². The van der Waals surface area contributed by atoms with E-state index in [0.29, 0.717) is 6.61 Å². The van der Waals surface area contributed by atoms with Crippen molar-refractivity contribution in [3.8, 4) is 5.75 Å². The fourth-order valence-electron chi connectivity index (χ4n) is 1.66. The highest BCUT2D eigenvalue weighted by Crippen LogP contribution is 2.24. The van der Waals surface area contributed by atoms with E-state index < -0.39 is 0 Å². The van der Waals surface area contributed by atoms with E-state index in [1.807, 2.05) is 26.0 Å². The van der Waals surface area contributed by atoms with E-state index >= 15 is 0 Å². The molecule has 0 saturated heterocycles. The van der Waals surface area contributed by atoms with Crippen molar-refractivity contribution >= 4 is 0 Å². The van der Waals surface area contributed by atoms with Crippen LogP contribution in [0.4, 0.5) is 0 Å². The lowest BCUT2D eigenvalue weighted by atomic mass is 10.0. The number of hydrogen-bond donors (Lipinski definition) is 1. The highest BCUT2D eigenvalue weighted by atomic mass is 16.5. The van der Waals surface area contributed by atoms with Gasteiger partial charge >= 0.3 is 0 Å². The average Bonchev–Trinajstić information content (AvgIpc) is 2.21. The van der Waals surface area contributed by atoms with Crippen LogP contribution in [-0.2, 0) is 6.42 Å². The topological polar surface area (TPSA) is 35.2 Å². The van der Waals surface area contributed by atoms with Crippen LogP contribution in [0.1, 0.15) is 25.0 Å². The molecule has 0 saturated carbocycles. The third-order valence-corrected chi connectivity index (χ3v) is 2.39. The number of benzene rings is 1. The Balaban J connectivity index is 2.85. The molecule has 88 valence electrons. The number of para-hydroxylation sites is 1. The normalized spacial score (nSPS) is 13.0. The first-order chi connectivity index (χ1) is 7.65. The van der Waals surface area contributed by atoms with Crippen molar-refractivity contribution in [3.05, 3.63) is 41.5 Å². The SMILES string of the molecule is C/C=C/COc1c(C)cccc1CC(C)N. The van der Waals surface area contributed by atoms with Gasteiger partial charge in [-0.2, -0.15) is 0 Å². The Morgan fingerprint density at radius 3 is 2.81 bits per heavy atom. The standard InChI is InChI=1S/C14H21NO/c1-4-5-9-16-14-11(2)7-6-8-13(14)10-12(3)15/h4-8,12H,9-10,15H2,1-3H3/b5-4+. The summed E-state index contributed by atoms with van der Waals surface area (Å²) in [5.41, 5.74) is 8.19. The maximum atomic E-state index is 5.83. The quantitative estimate of drug-likeness (QED) is 0.773. The van der Waals surface area contributed by atoms with Crippen molar-refractivity contribution in [2.75, 3.05) is 6.61 Å². The van der Waals surface area contributed by atoms with Gasteiger partial charge in [0, 0.05) is 6.04 Å². The van der Waals surface area contributed by atoms with Crippen LogP contribution >= 0.6 is 0 Å². The lowest BCUT2D eigenvalue weighted by Crippen LogP contribution is -2.18. The molecule has 1 aromatic rings. The molecule has 0 amide bonds. The van der Waals surface area contributed by atoms with Crippen molar-refractivity contribution in [1.29, 1.82) is 0 Å². The van der Waals surface area contributed by atoms with Gasteiger partial charge in [0.2, 0.25) is 0 Å². The van der Waals surface area contributed by atoms with Crippen LogP contribution in [0.5, 0.6) is 5.75 Å². The monoisotopic (exact) mass is 219 g/mol. The summed E-state index contributed by atoms with van der Waals surface area (Å²) >= 11 is 0. The molecule has 0 aliphatic carbocycles. The van der Waals surface area contributed by atoms with Gasteiger partial charge in [-0.25, -0.2) is 0 Å². The molecule has 0 heterocycles. The van der Waals surface area contributed by atoms with E-state index in [2.05, 4.69) is 25.1 Å². The van der Waals surface area contributed by atoms with Gasteiger partial charge in [0.05, 0.1) is 0 Å². The molecule has 0 radical (unpaired) electrons. The summed E-state index contributed by atoms with van der Waals surface area (Å²) in [6.45, 7) is 6.69. The number of hydrogen-bond acceptors (Lipinski definition) is 2. The second-order valence-electron chi connectivity index (χ2n) is 4.12. The molecular formula is C14H21NO. The number of ether oxygens (including phenoxy) is 1. The van der Waals surface area contributed by atoms with Crippen LogP contribution in [0.3, 0.4) is 0 Å². The Morgan fingerprint density at radius 1 is 1.44 bits per heavy atom. The average molecular weight is 219 g/mol. The van der Waals surface area contributed by atoms with Gasteiger partial charge in [0.1, 0.15) is 12.4 Å². The summed E-state index contributed by atoms with van der Waals surface area (Å²) in [7, 11) is 0. The molecule has 0 aliphatic rings. The Hall–Kier alpha value is -1.28. The molecule has 1 aromatic carbocycles. The van der Waals surface area contributed by atoms with Crippen molar-refractivity contribution < 1.29 is 4.74 Å². The Bertz CT molecular complexity index is 356. The molecule has 1 atom stereocenters. The largest absolute Gasteiger partial charge is 0.489 e. The molecule has 0 spiro atoms. The molecular weight excluding hydrogens is 198 g/mol. The third kappa shape index (κ3) is 3.70. The molecule has 0 aliphatic heterocycles. The van der Waals surface area contributed by atoms with Crippen molar-refractivity contribution in [2.45, 2.75) is 33.2 Å². The van der Waals surface area contributed by atoms with Crippen LogP contribution in [0, 0.1) is 6.92 Å². The summed E-state index contributed by atoms with van der Waals surface area (Å²) < 4.78 is 5.77. The Kier molecular flexibility index (Phi) is 5.06. The molecule has 2 N–H and O–H groups in total. The first-order valence-corrected chi connectivity index (χ1v) is 5.73. The molecule has 1 rings (SSSR count). The van der Waals surface area contributed by atoms with Gasteiger partial charge in [-0.15, -0.1) is 0 Å². The zero-order chi connectivity index (χ0) is 12.0. The molecule has 16 heavy (non-hydrogen) atoms. The summed E-state index contributed by atoms with van der Waals surface area (Å²) in [5, 5.41) is 0. The van der Waals surface area contributed by atoms with Gasteiger partial charge < -0.3 is 10.5 Å². The fraction of sp³-hybridized carbons (Fsp3) is 0.429. The van der Waals surface area contributed by atoms with E-state index in [1.165, 1.54) is 11.1 Å². The lowest BCUT2D eigenvalue weighted by Gasteiger charge is -2.14. The van der Waals surface area contributed by atoms with Crippen LogP contribution < -0.4 is 10.5 Å². The number of rotatable bonds is 5. The second kappa shape index (κ2) is 6.33. The predicted molar refractivity (Wildman–Crippen MR) is 68.8 cm³/mol. The minimum absolute atomic E-state index is 0.158. The minimum atomic E-state index is 0.158. The lowest BCUT2D eigenvalue weighted by molar-refractivity contribution is 0.355. The molecule has 1 unspecified atom stereocenters. The first kappa shape index (κ1) is 12.8. The highest BCUT2D eigenvalue weighted by Gasteiger charge is 2.08. The van der Waals surface area contributed by atoms with Crippen molar-refractivity contribution in [3.63, 3.8) is 0 Å². The smallest absolute Gasteiger partial charge is 0.125 e. The number of aryl methyl sites for hydroxylation is 1. The van der Waals surface area contributed by atoms with E-state index in [9.17, 15) is 0 Å².